The van der Waals surface area contributed by atoms with Gasteiger partial charge in [0.05, 0.1) is 18.7 Å². The summed E-state index contributed by atoms with van der Waals surface area (Å²) in [6.45, 7) is 0.463. The summed E-state index contributed by atoms with van der Waals surface area (Å²) in [7, 11) is 0. The molecule has 0 aliphatic heterocycles. The SMILES string of the molecule is CCC(C(=O)CC(CC(=O)O)C(=O)CF)c1ccnn(Cc2nccc3ccccc23)c1=O. The van der Waals surface area contributed by atoms with Crippen LogP contribution < -0.4 is 5.56 Å². The van der Waals surface area contributed by atoms with Gasteiger partial charge in [0.25, 0.3) is 5.56 Å². The highest BCUT2D eigenvalue weighted by molar-refractivity contribution is 5.93. The Balaban J connectivity index is 1.90. The lowest BCUT2D eigenvalue weighted by molar-refractivity contribution is -0.141. The highest BCUT2D eigenvalue weighted by atomic mass is 19.1. The van der Waals surface area contributed by atoms with Crippen LogP contribution in [0.4, 0.5) is 4.39 Å². The molecular formula is C24H24FN3O5. The van der Waals surface area contributed by atoms with Crippen molar-refractivity contribution in [1.29, 1.82) is 0 Å². The van der Waals surface area contributed by atoms with Crippen LogP contribution in [0.3, 0.4) is 0 Å². The number of carbonyl (C=O) groups excluding carboxylic acids is 2. The first-order chi connectivity index (χ1) is 15.8. The molecule has 0 saturated heterocycles. The zero-order valence-electron chi connectivity index (χ0n) is 18.1. The number of halogens is 1. The number of benzene rings is 1. The molecule has 2 atom stereocenters. The fourth-order valence-electron chi connectivity index (χ4n) is 3.92. The van der Waals surface area contributed by atoms with Crippen LogP contribution in [0.15, 0.2) is 53.6 Å². The van der Waals surface area contributed by atoms with E-state index in [-0.39, 0.29) is 18.5 Å². The molecule has 3 aromatic rings. The number of carboxylic acids is 1. The molecule has 2 aromatic heterocycles. The van der Waals surface area contributed by atoms with Crippen LogP contribution >= 0.6 is 0 Å². The van der Waals surface area contributed by atoms with Gasteiger partial charge < -0.3 is 5.11 Å². The monoisotopic (exact) mass is 453 g/mol. The number of pyridine rings is 1. The number of nitrogens with zero attached hydrogens (tertiary/aromatic N) is 3. The molecule has 0 spiro atoms. The minimum absolute atomic E-state index is 0.0978. The summed E-state index contributed by atoms with van der Waals surface area (Å²) in [6, 6.07) is 10.9. The summed E-state index contributed by atoms with van der Waals surface area (Å²) >= 11 is 0. The van der Waals surface area contributed by atoms with E-state index in [0.29, 0.717) is 5.69 Å². The van der Waals surface area contributed by atoms with Crippen molar-refractivity contribution in [2.75, 3.05) is 6.67 Å². The maximum atomic E-state index is 13.2. The maximum absolute atomic E-state index is 13.2. The Morgan fingerprint density at radius 2 is 1.82 bits per heavy atom. The number of hydrogen-bond acceptors (Lipinski definition) is 6. The van der Waals surface area contributed by atoms with Crippen LogP contribution in [0.5, 0.6) is 0 Å². The number of alkyl halides is 1. The Morgan fingerprint density at radius 1 is 1.06 bits per heavy atom. The van der Waals surface area contributed by atoms with E-state index in [1.807, 2.05) is 30.3 Å². The third-order valence-corrected chi connectivity index (χ3v) is 5.63. The summed E-state index contributed by atoms with van der Waals surface area (Å²) in [4.78, 5) is 53.3. The normalized spacial score (nSPS) is 12.9. The van der Waals surface area contributed by atoms with E-state index in [4.69, 9.17) is 5.11 Å². The molecule has 0 saturated carbocycles. The van der Waals surface area contributed by atoms with Crippen molar-refractivity contribution < 1.29 is 23.9 Å². The first kappa shape index (κ1) is 23.9. The summed E-state index contributed by atoms with van der Waals surface area (Å²) in [5.74, 6) is -4.84. The molecule has 1 aromatic carbocycles. The molecule has 3 rings (SSSR count). The molecule has 8 nitrogen and oxygen atoms in total. The second-order valence-electron chi connectivity index (χ2n) is 7.75. The van der Waals surface area contributed by atoms with Crippen molar-refractivity contribution in [1.82, 2.24) is 14.8 Å². The highest BCUT2D eigenvalue weighted by Gasteiger charge is 2.29. The van der Waals surface area contributed by atoms with Gasteiger partial charge in [0.1, 0.15) is 12.5 Å². The lowest BCUT2D eigenvalue weighted by Gasteiger charge is -2.18. The zero-order valence-corrected chi connectivity index (χ0v) is 18.1. The summed E-state index contributed by atoms with van der Waals surface area (Å²) in [6.07, 6.45) is 2.24. The minimum Gasteiger partial charge on any atom is -0.481 e. The van der Waals surface area contributed by atoms with Gasteiger partial charge in [0.15, 0.2) is 5.78 Å². The van der Waals surface area contributed by atoms with Gasteiger partial charge in [-0.2, -0.15) is 5.10 Å². The Morgan fingerprint density at radius 3 is 2.52 bits per heavy atom. The van der Waals surface area contributed by atoms with Gasteiger partial charge in [-0.3, -0.25) is 24.2 Å². The third-order valence-electron chi connectivity index (χ3n) is 5.63. The van der Waals surface area contributed by atoms with Crippen molar-refractivity contribution in [2.24, 2.45) is 5.92 Å². The predicted octanol–water partition coefficient (Wildman–Crippen LogP) is 2.92. The Labute approximate surface area is 189 Å². The van der Waals surface area contributed by atoms with Crippen LogP contribution in [-0.4, -0.2) is 44.1 Å². The molecule has 0 fully saturated rings. The predicted molar refractivity (Wildman–Crippen MR) is 119 cm³/mol. The fourth-order valence-corrected chi connectivity index (χ4v) is 3.92. The van der Waals surface area contributed by atoms with Crippen LogP contribution in [0.25, 0.3) is 10.8 Å². The summed E-state index contributed by atoms with van der Waals surface area (Å²) in [5.41, 5.74) is 0.368. The molecule has 9 heteroatoms. The molecule has 172 valence electrons. The molecular weight excluding hydrogens is 429 g/mol. The van der Waals surface area contributed by atoms with Crippen LogP contribution in [-0.2, 0) is 20.9 Å². The molecule has 0 aliphatic carbocycles. The van der Waals surface area contributed by atoms with Gasteiger partial charge in [-0.05, 0) is 23.9 Å². The number of rotatable bonds is 11. The van der Waals surface area contributed by atoms with Gasteiger partial charge in [-0.15, -0.1) is 0 Å². The fraction of sp³-hybridized carbons (Fsp3) is 0.333. The molecule has 2 heterocycles. The van der Waals surface area contributed by atoms with Gasteiger partial charge in [0, 0.05) is 41.6 Å². The van der Waals surface area contributed by atoms with Crippen LogP contribution in [0.1, 0.15) is 43.4 Å². The number of ketones is 2. The second kappa shape index (κ2) is 10.7. The van der Waals surface area contributed by atoms with Gasteiger partial charge in [-0.1, -0.05) is 31.2 Å². The number of fused-ring (bicyclic) bond motifs is 1. The van der Waals surface area contributed by atoms with Crippen molar-refractivity contribution in [3.63, 3.8) is 0 Å². The Bertz CT molecular complexity index is 1230. The quantitative estimate of drug-likeness (QED) is 0.474. The molecule has 0 amide bonds. The van der Waals surface area contributed by atoms with E-state index in [2.05, 4.69) is 10.1 Å². The first-order valence-electron chi connectivity index (χ1n) is 10.6. The minimum atomic E-state index is -1.35. The van der Waals surface area contributed by atoms with E-state index in [9.17, 15) is 23.6 Å². The number of carbonyl (C=O) groups is 3. The van der Waals surface area contributed by atoms with Crippen LogP contribution in [0.2, 0.25) is 0 Å². The van der Waals surface area contributed by atoms with E-state index >= 15 is 0 Å². The van der Waals surface area contributed by atoms with E-state index in [1.165, 1.54) is 16.9 Å². The first-order valence-corrected chi connectivity index (χ1v) is 10.6. The van der Waals surface area contributed by atoms with E-state index < -0.39 is 54.4 Å². The molecule has 33 heavy (non-hydrogen) atoms. The molecule has 0 bridgehead atoms. The number of aliphatic carboxylic acids is 1. The smallest absolute Gasteiger partial charge is 0.304 e. The lowest BCUT2D eigenvalue weighted by atomic mass is 9.85. The van der Waals surface area contributed by atoms with E-state index in [0.717, 1.165) is 10.8 Å². The van der Waals surface area contributed by atoms with Crippen molar-refractivity contribution >= 4 is 28.3 Å². The maximum Gasteiger partial charge on any atom is 0.304 e. The van der Waals surface area contributed by atoms with Crippen molar-refractivity contribution in [3.8, 4) is 0 Å². The van der Waals surface area contributed by atoms with Crippen molar-refractivity contribution in [2.45, 2.75) is 38.6 Å². The van der Waals surface area contributed by atoms with E-state index in [1.54, 1.807) is 13.1 Å². The number of carboxylic acid groups (broad SMARTS) is 1. The molecule has 1 N–H and O–H groups in total. The topological polar surface area (TPSA) is 119 Å². The summed E-state index contributed by atoms with van der Waals surface area (Å²) in [5, 5.41) is 15.0. The van der Waals surface area contributed by atoms with Crippen LogP contribution in [0, 0.1) is 5.92 Å². The highest BCUT2D eigenvalue weighted by Crippen LogP contribution is 2.23. The molecule has 0 radical (unpaired) electrons. The number of Topliss-reactive ketones (excluding diaryl/α,β-unsaturated/α-hetero) is 2. The second-order valence-corrected chi connectivity index (χ2v) is 7.75. The molecule has 2 unspecified atom stereocenters. The third kappa shape index (κ3) is 5.54. The average Bonchev–Trinajstić information content (AvgIpc) is 2.80. The lowest BCUT2D eigenvalue weighted by Crippen LogP contribution is -2.31. The zero-order chi connectivity index (χ0) is 24.0. The molecule has 0 aliphatic rings. The summed E-state index contributed by atoms with van der Waals surface area (Å²) < 4.78 is 14.1. The standard InChI is InChI=1S/C24H24FN3O5/c1-2-17(21(29)11-16(12-23(31)32)22(30)13-25)19-8-10-27-28(24(19)33)14-20-18-6-4-3-5-15(18)7-9-26-20/h3-10,16-17H,2,11-14H2,1H3,(H,31,32). The average molecular weight is 453 g/mol. The Hall–Kier alpha value is -3.75. The van der Waals surface area contributed by atoms with Gasteiger partial charge in [-0.25, -0.2) is 9.07 Å². The van der Waals surface area contributed by atoms with Gasteiger partial charge >= 0.3 is 5.97 Å². The van der Waals surface area contributed by atoms with Crippen molar-refractivity contribution in [3.05, 3.63) is 70.4 Å². The number of hydrogen-bond donors (Lipinski definition) is 1. The van der Waals surface area contributed by atoms with Gasteiger partial charge in [0.2, 0.25) is 0 Å². The Kier molecular flexibility index (Phi) is 7.76. The largest absolute Gasteiger partial charge is 0.481 e. The number of aromatic nitrogens is 3.